The average Bonchev–Trinajstić information content (AvgIpc) is 2.47. The number of ether oxygens (including phenoxy) is 1. The van der Waals surface area contributed by atoms with E-state index >= 15 is 0 Å². The lowest BCUT2D eigenvalue weighted by atomic mass is 10.1. The number of aromatic nitrogens is 1. The lowest BCUT2D eigenvalue weighted by molar-refractivity contribution is 0.0569. The molecule has 1 fully saturated rings. The quantitative estimate of drug-likeness (QED) is 0.817. The molecule has 1 aromatic rings. The molecule has 2 heterocycles. The molecule has 0 bridgehead atoms. The Hall–Kier alpha value is -2.11. The molecular formula is C14H19N3O3. The van der Waals surface area contributed by atoms with Gasteiger partial charge in [-0.05, 0) is 26.0 Å². The molecule has 1 aromatic heterocycles. The summed E-state index contributed by atoms with van der Waals surface area (Å²) in [5.74, 6) is -0.0286. The fourth-order valence-electron chi connectivity index (χ4n) is 2.19. The Balaban J connectivity index is 1.96. The Labute approximate surface area is 118 Å². The predicted octanol–water partition coefficient (Wildman–Crippen LogP) is 1.30. The Morgan fingerprint density at radius 2 is 1.90 bits per heavy atom. The molecule has 0 saturated carbocycles. The maximum absolute atomic E-state index is 12.4. The molecule has 2 rings (SSSR count). The van der Waals surface area contributed by atoms with Crippen LogP contribution in [-0.2, 0) is 4.74 Å². The first-order chi connectivity index (χ1) is 9.63. The Bertz CT molecular complexity index is 496. The smallest absolute Gasteiger partial charge is 0.409 e. The van der Waals surface area contributed by atoms with Gasteiger partial charge in [-0.2, -0.15) is 0 Å². The first kappa shape index (κ1) is 14.3. The van der Waals surface area contributed by atoms with Crippen LogP contribution in [0.25, 0.3) is 0 Å². The molecule has 1 saturated heterocycles. The zero-order chi connectivity index (χ0) is 14.5. The van der Waals surface area contributed by atoms with Crippen LogP contribution in [0.2, 0.25) is 0 Å². The number of piperazine rings is 1. The minimum Gasteiger partial charge on any atom is -0.450 e. The van der Waals surface area contributed by atoms with E-state index in [1.54, 1.807) is 35.1 Å². The van der Waals surface area contributed by atoms with Crippen molar-refractivity contribution in [3.8, 4) is 0 Å². The van der Waals surface area contributed by atoms with E-state index in [1.165, 1.54) is 0 Å². The SMILES string of the molecule is CCOC(=O)N1CCN(C(=O)c2cccnc2C)CC1. The van der Waals surface area contributed by atoms with E-state index in [9.17, 15) is 9.59 Å². The summed E-state index contributed by atoms with van der Waals surface area (Å²) < 4.78 is 4.95. The van der Waals surface area contributed by atoms with Crippen molar-refractivity contribution < 1.29 is 14.3 Å². The van der Waals surface area contributed by atoms with Crippen molar-refractivity contribution in [2.75, 3.05) is 32.8 Å². The lowest BCUT2D eigenvalue weighted by Crippen LogP contribution is -2.50. The Kier molecular flexibility index (Phi) is 4.55. The molecule has 0 radical (unpaired) electrons. The summed E-state index contributed by atoms with van der Waals surface area (Å²) in [7, 11) is 0. The maximum atomic E-state index is 12.4. The summed E-state index contributed by atoms with van der Waals surface area (Å²) in [5.41, 5.74) is 1.35. The van der Waals surface area contributed by atoms with Crippen molar-refractivity contribution in [3.63, 3.8) is 0 Å². The molecule has 2 amide bonds. The molecule has 6 nitrogen and oxygen atoms in total. The number of carbonyl (C=O) groups excluding carboxylic acids is 2. The number of rotatable bonds is 2. The van der Waals surface area contributed by atoms with Crippen molar-refractivity contribution in [1.82, 2.24) is 14.8 Å². The van der Waals surface area contributed by atoms with Crippen molar-refractivity contribution in [1.29, 1.82) is 0 Å². The van der Waals surface area contributed by atoms with Crippen LogP contribution in [0.15, 0.2) is 18.3 Å². The van der Waals surface area contributed by atoms with E-state index in [1.807, 2.05) is 6.92 Å². The number of pyridine rings is 1. The summed E-state index contributed by atoms with van der Waals surface area (Å²) in [6.45, 7) is 6.02. The van der Waals surface area contributed by atoms with E-state index in [4.69, 9.17) is 4.74 Å². The fourth-order valence-corrected chi connectivity index (χ4v) is 2.19. The van der Waals surface area contributed by atoms with E-state index in [0.29, 0.717) is 38.3 Å². The van der Waals surface area contributed by atoms with Gasteiger partial charge in [0.1, 0.15) is 0 Å². The topological polar surface area (TPSA) is 62.7 Å². The third kappa shape index (κ3) is 3.07. The average molecular weight is 277 g/mol. The standard InChI is InChI=1S/C14H19N3O3/c1-3-20-14(19)17-9-7-16(8-10-17)13(18)12-5-4-6-15-11(12)2/h4-6H,3,7-10H2,1-2H3. The Morgan fingerprint density at radius 3 is 2.50 bits per heavy atom. The maximum Gasteiger partial charge on any atom is 0.409 e. The number of nitrogens with zero attached hydrogens (tertiary/aromatic N) is 3. The summed E-state index contributed by atoms with van der Waals surface area (Å²) in [5, 5.41) is 0. The van der Waals surface area contributed by atoms with Gasteiger partial charge in [0.25, 0.3) is 5.91 Å². The second-order valence-electron chi connectivity index (χ2n) is 4.61. The fraction of sp³-hybridized carbons (Fsp3) is 0.500. The van der Waals surface area contributed by atoms with Crippen LogP contribution >= 0.6 is 0 Å². The molecule has 0 aliphatic carbocycles. The van der Waals surface area contributed by atoms with Crippen LogP contribution in [0.5, 0.6) is 0 Å². The first-order valence-corrected chi connectivity index (χ1v) is 6.76. The third-order valence-electron chi connectivity index (χ3n) is 3.33. The van der Waals surface area contributed by atoms with Crippen LogP contribution in [-0.4, -0.2) is 59.6 Å². The van der Waals surface area contributed by atoms with Gasteiger partial charge in [-0.3, -0.25) is 9.78 Å². The van der Waals surface area contributed by atoms with Crippen LogP contribution in [0.1, 0.15) is 23.0 Å². The van der Waals surface area contributed by atoms with Gasteiger partial charge in [-0.1, -0.05) is 0 Å². The van der Waals surface area contributed by atoms with Crippen LogP contribution in [0, 0.1) is 6.92 Å². The number of hydrogen-bond donors (Lipinski definition) is 0. The molecule has 0 spiro atoms. The van der Waals surface area contributed by atoms with E-state index < -0.39 is 0 Å². The van der Waals surface area contributed by atoms with E-state index in [2.05, 4.69) is 4.98 Å². The van der Waals surface area contributed by atoms with Gasteiger partial charge in [0.05, 0.1) is 12.2 Å². The summed E-state index contributed by atoms with van der Waals surface area (Å²) >= 11 is 0. The molecule has 0 N–H and O–H groups in total. The van der Waals surface area contributed by atoms with Gasteiger partial charge >= 0.3 is 6.09 Å². The minimum absolute atomic E-state index is 0.0286. The van der Waals surface area contributed by atoms with Gasteiger partial charge in [-0.25, -0.2) is 4.79 Å². The normalized spacial score (nSPS) is 15.1. The molecule has 0 atom stereocenters. The van der Waals surface area contributed by atoms with Crippen molar-refractivity contribution >= 4 is 12.0 Å². The van der Waals surface area contributed by atoms with Crippen molar-refractivity contribution in [2.45, 2.75) is 13.8 Å². The third-order valence-corrected chi connectivity index (χ3v) is 3.33. The number of hydrogen-bond acceptors (Lipinski definition) is 4. The molecule has 6 heteroatoms. The van der Waals surface area contributed by atoms with Crippen LogP contribution in [0.3, 0.4) is 0 Å². The van der Waals surface area contributed by atoms with Gasteiger partial charge in [0, 0.05) is 38.1 Å². The second kappa shape index (κ2) is 6.36. The molecule has 1 aliphatic rings. The van der Waals surface area contributed by atoms with E-state index in [0.717, 1.165) is 5.69 Å². The van der Waals surface area contributed by atoms with Gasteiger partial charge < -0.3 is 14.5 Å². The molecule has 0 aromatic carbocycles. The van der Waals surface area contributed by atoms with Gasteiger partial charge in [0.2, 0.25) is 0 Å². The highest BCUT2D eigenvalue weighted by atomic mass is 16.6. The zero-order valence-electron chi connectivity index (χ0n) is 11.8. The highest BCUT2D eigenvalue weighted by molar-refractivity contribution is 5.95. The Morgan fingerprint density at radius 1 is 1.25 bits per heavy atom. The second-order valence-corrected chi connectivity index (χ2v) is 4.61. The molecule has 20 heavy (non-hydrogen) atoms. The summed E-state index contributed by atoms with van der Waals surface area (Å²) in [6.07, 6.45) is 1.36. The highest BCUT2D eigenvalue weighted by Crippen LogP contribution is 2.11. The molecular weight excluding hydrogens is 258 g/mol. The van der Waals surface area contributed by atoms with Crippen molar-refractivity contribution in [2.24, 2.45) is 0 Å². The van der Waals surface area contributed by atoms with Gasteiger partial charge in [0.15, 0.2) is 0 Å². The molecule has 0 unspecified atom stereocenters. The van der Waals surface area contributed by atoms with Gasteiger partial charge in [-0.15, -0.1) is 0 Å². The van der Waals surface area contributed by atoms with Crippen molar-refractivity contribution in [3.05, 3.63) is 29.6 Å². The summed E-state index contributed by atoms with van der Waals surface area (Å²) in [4.78, 5) is 31.5. The first-order valence-electron chi connectivity index (χ1n) is 6.76. The number of amides is 2. The number of carbonyl (C=O) groups is 2. The monoisotopic (exact) mass is 277 g/mol. The van der Waals surface area contributed by atoms with Crippen LogP contribution < -0.4 is 0 Å². The lowest BCUT2D eigenvalue weighted by Gasteiger charge is -2.34. The predicted molar refractivity (Wildman–Crippen MR) is 73.5 cm³/mol. The largest absolute Gasteiger partial charge is 0.450 e. The highest BCUT2D eigenvalue weighted by Gasteiger charge is 2.26. The summed E-state index contributed by atoms with van der Waals surface area (Å²) in [6, 6.07) is 3.54. The minimum atomic E-state index is -0.308. The number of aryl methyl sites for hydroxylation is 1. The van der Waals surface area contributed by atoms with E-state index in [-0.39, 0.29) is 12.0 Å². The zero-order valence-corrected chi connectivity index (χ0v) is 11.8. The molecule has 1 aliphatic heterocycles. The van der Waals surface area contributed by atoms with Crippen LogP contribution in [0.4, 0.5) is 4.79 Å². The molecule has 108 valence electrons.